The molecule has 1 N–H and O–H groups in total. The molecule has 1 saturated carbocycles. The molecule has 4 amide bonds. The molecule has 12 nitrogen and oxygen atoms in total. The van der Waals surface area contributed by atoms with Crippen molar-refractivity contribution in [3.63, 3.8) is 0 Å². The number of morpholine rings is 1. The first-order chi connectivity index (χ1) is 29.0. The van der Waals surface area contributed by atoms with E-state index in [4.69, 9.17) is 26.2 Å². The van der Waals surface area contributed by atoms with Crippen molar-refractivity contribution in [1.82, 2.24) is 9.78 Å². The number of benzene rings is 3. The smallest absolute Gasteiger partial charge is 0.242 e. The molecule has 2 aromatic heterocycles. The Morgan fingerprint density at radius 3 is 2.38 bits per heavy atom. The molecule has 5 heterocycles. The number of nitrogens with zero attached hydrogens (tertiary/aromatic N) is 5. The first kappa shape index (κ1) is 38.8. The molecule has 4 fully saturated rings. The molecule has 14 heteroatoms. The first-order valence-electron chi connectivity index (χ1n) is 20.4. The highest BCUT2D eigenvalue weighted by Crippen LogP contribution is 2.64. The molecular weight excluding hydrogens is 802 g/mol. The van der Waals surface area contributed by atoms with Gasteiger partial charge in [-0.25, -0.2) is 4.90 Å². The number of aromatic nitrogens is 2. The number of carbonyl (C=O) groups excluding carboxylic acids is 4. The van der Waals surface area contributed by atoms with Crippen LogP contribution in [-0.4, -0.2) is 78.0 Å². The van der Waals surface area contributed by atoms with Crippen LogP contribution in [0.15, 0.2) is 84.4 Å². The average Bonchev–Trinajstić information content (AvgIpc) is 3.93. The maximum atomic E-state index is 15.2. The Kier molecular flexibility index (Phi) is 9.51. The number of carbonyl (C=O) groups is 4. The Balaban J connectivity index is 1.03. The van der Waals surface area contributed by atoms with Crippen molar-refractivity contribution in [2.75, 3.05) is 54.2 Å². The predicted molar refractivity (Wildman–Crippen MR) is 229 cm³/mol. The number of amides is 4. The standard InChI is InChI=1S/C46H44ClN5O7S/c1-25-33-22-27(47)6-15-37(33)60-41(25)36-24-38(49(3)48-36)52-43(55)35-23-34-31(40(46(35,2)45(52)57)26-4-11-30(12-5-26)59-21-18-53)13-14-32-39(34)44(56)51(42(32)54)29-9-7-28(8-10-29)50-16-19-58-20-17-50/h4-13,15,22,24,32,34-35,39-40,53H,14,16-21,23H2,1-3H3. The number of aliphatic hydroxyl groups excluding tert-OH is 1. The van der Waals surface area contributed by atoms with Gasteiger partial charge in [-0.15, -0.1) is 11.3 Å². The minimum Gasteiger partial charge on any atom is -0.491 e. The van der Waals surface area contributed by atoms with Crippen LogP contribution in [0, 0.1) is 36.0 Å². The zero-order valence-corrected chi connectivity index (χ0v) is 35.0. The fraction of sp³-hybridized carbons (Fsp3) is 0.370. The lowest BCUT2D eigenvalue weighted by molar-refractivity contribution is -0.131. The van der Waals surface area contributed by atoms with Gasteiger partial charge in [-0.1, -0.05) is 35.4 Å². The Hall–Kier alpha value is -5.34. The summed E-state index contributed by atoms with van der Waals surface area (Å²) in [6.45, 7) is 6.71. The number of allylic oxidation sites excluding steroid dienone is 2. The quantitative estimate of drug-likeness (QED) is 0.131. The van der Waals surface area contributed by atoms with E-state index in [9.17, 15) is 14.7 Å². The van der Waals surface area contributed by atoms with E-state index in [1.54, 1.807) is 35.2 Å². The third-order valence-electron chi connectivity index (χ3n) is 13.5. The lowest BCUT2D eigenvalue weighted by Gasteiger charge is -2.49. The van der Waals surface area contributed by atoms with Gasteiger partial charge in [-0.2, -0.15) is 5.10 Å². The van der Waals surface area contributed by atoms with Crippen LogP contribution < -0.4 is 19.4 Å². The summed E-state index contributed by atoms with van der Waals surface area (Å²) in [5.74, 6) is -3.40. The van der Waals surface area contributed by atoms with Gasteiger partial charge in [-0.3, -0.25) is 28.8 Å². The van der Waals surface area contributed by atoms with E-state index < -0.39 is 35.0 Å². The zero-order chi connectivity index (χ0) is 41.6. The van der Waals surface area contributed by atoms with E-state index in [0.29, 0.717) is 47.6 Å². The minimum atomic E-state index is -1.23. The number of ether oxygens (including phenoxy) is 2. The third-order valence-corrected chi connectivity index (χ3v) is 15.1. The number of aliphatic hydroxyl groups is 1. The van der Waals surface area contributed by atoms with Crippen LogP contribution in [-0.2, 0) is 31.0 Å². The predicted octanol–water partition coefficient (Wildman–Crippen LogP) is 6.91. The monoisotopic (exact) mass is 845 g/mol. The highest BCUT2D eigenvalue weighted by atomic mass is 35.5. The van der Waals surface area contributed by atoms with Crippen LogP contribution in [0.2, 0.25) is 5.02 Å². The highest BCUT2D eigenvalue weighted by molar-refractivity contribution is 7.22. The van der Waals surface area contributed by atoms with Crippen molar-refractivity contribution in [1.29, 1.82) is 0 Å². The van der Waals surface area contributed by atoms with E-state index in [2.05, 4.69) is 11.0 Å². The summed E-state index contributed by atoms with van der Waals surface area (Å²) in [5.41, 5.74) is 3.66. The fourth-order valence-electron chi connectivity index (χ4n) is 10.6. The van der Waals surface area contributed by atoms with Gasteiger partial charge in [0.15, 0.2) is 0 Å². The van der Waals surface area contributed by atoms with Crippen molar-refractivity contribution in [3.05, 3.63) is 101 Å². The number of aryl methyl sites for hydroxylation is 2. The van der Waals surface area contributed by atoms with Gasteiger partial charge in [0.05, 0.1) is 53.6 Å². The summed E-state index contributed by atoms with van der Waals surface area (Å²) in [7, 11) is 1.74. The second-order valence-electron chi connectivity index (χ2n) is 16.6. The number of fused-ring (bicyclic) bond motifs is 5. The molecule has 60 heavy (non-hydrogen) atoms. The fourth-order valence-corrected chi connectivity index (χ4v) is 12.0. The highest BCUT2D eigenvalue weighted by Gasteiger charge is 2.68. The van der Waals surface area contributed by atoms with Gasteiger partial charge < -0.3 is 19.5 Å². The van der Waals surface area contributed by atoms with Crippen LogP contribution in [0.25, 0.3) is 20.7 Å². The van der Waals surface area contributed by atoms with Gasteiger partial charge in [0.1, 0.15) is 23.9 Å². The maximum absolute atomic E-state index is 15.2. The number of anilines is 3. The van der Waals surface area contributed by atoms with Crippen molar-refractivity contribution in [2.24, 2.45) is 36.1 Å². The second-order valence-corrected chi connectivity index (χ2v) is 18.1. The lowest BCUT2D eigenvalue weighted by Crippen LogP contribution is -2.48. The van der Waals surface area contributed by atoms with Gasteiger partial charge >= 0.3 is 0 Å². The minimum absolute atomic E-state index is 0.130. The van der Waals surface area contributed by atoms with E-state index in [0.717, 1.165) is 50.4 Å². The van der Waals surface area contributed by atoms with Crippen LogP contribution in [0.4, 0.5) is 17.2 Å². The zero-order valence-electron chi connectivity index (χ0n) is 33.5. The number of thiophene rings is 1. The number of halogens is 1. The molecule has 3 saturated heterocycles. The molecule has 0 spiro atoms. The van der Waals surface area contributed by atoms with E-state index in [1.807, 2.05) is 74.5 Å². The molecule has 0 radical (unpaired) electrons. The van der Waals surface area contributed by atoms with Gasteiger partial charge in [0, 0.05) is 47.5 Å². The molecule has 5 aliphatic rings. The molecule has 0 bridgehead atoms. The summed E-state index contributed by atoms with van der Waals surface area (Å²) in [6.07, 6.45) is 2.64. The Morgan fingerprint density at radius 2 is 1.65 bits per heavy atom. The number of hydrogen-bond donors (Lipinski definition) is 1. The largest absolute Gasteiger partial charge is 0.491 e. The van der Waals surface area contributed by atoms with Crippen molar-refractivity contribution >= 4 is 73.8 Å². The van der Waals surface area contributed by atoms with Crippen LogP contribution >= 0.6 is 22.9 Å². The summed E-state index contributed by atoms with van der Waals surface area (Å²) >= 11 is 7.93. The molecule has 3 aliphatic heterocycles. The van der Waals surface area contributed by atoms with Gasteiger partial charge in [-0.05, 0) is 104 Å². The van der Waals surface area contributed by atoms with E-state index in [1.165, 1.54) is 9.80 Å². The molecule has 10 rings (SSSR count). The first-order valence-corrected chi connectivity index (χ1v) is 21.6. The van der Waals surface area contributed by atoms with E-state index >= 15 is 9.59 Å². The van der Waals surface area contributed by atoms with Gasteiger partial charge in [0.25, 0.3) is 0 Å². The second kappa shape index (κ2) is 14.7. The van der Waals surface area contributed by atoms with Crippen molar-refractivity contribution < 1.29 is 33.8 Å². The summed E-state index contributed by atoms with van der Waals surface area (Å²) in [6, 6.07) is 22.6. The number of hydrogen-bond acceptors (Lipinski definition) is 10. The number of imide groups is 2. The van der Waals surface area contributed by atoms with Crippen molar-refractivity contribution in [3.8, 4) is 16.3 Å². The lowest BCUT2D eigenvalue weighted by atomic mass is 9.51. The number of rotatable bonds is 8. The molecule has 308 valence electrons. The average molecular weight is 846 g/mol. The SMILES string of the molecule is Cc1c(-c2cc(N3C(=O)C4CC5C(=CCC6C(=O)N(c7ccc(N8CCOCC8)cc7)C(=O)C65)C(c5ccc(OCCO)cc5)C4(C)C3=O)n(C)n2)sc2ccc(Cl)cc12. The molecule has 5 aromatic rings. The topological polar surface area (TPSA) is 135 Å². The Labute approximate surface area is 355 Å². The summed E-state index contributed by atoms with van der Waals surface area (Å²) in [5, 5.41) is 15.9. The Bertz CT molecular complexity index is 2610. The van der Waals surface area contributed by atoms with E-state index in [-0.39, 0.29) is 43.3 Å². The normalized spacial score (nSPS) is 26.4. The van der Waals surface area contributed by atoms with Crippen LogP contribution in [0.5, 0.6) is 5.75 Å². The maximum Gasteiger partial charge on any atom is 0.242 e. The van der Waals surface area contributed by atoms with Crippen molar-refractivity contribution in [2.45, 2.75) is 32.6 Å². The van der Waals surface area contributed by atoms with Crippen LogP contribution in [0.1, 0.15) is 36.8 Å². The molecule has 6 atom stereocenters. The molecule has 2 aliphatic carbocycles. The molecule has 6 unspecified atom stereocenters. The van der Waals surface area contributed by atoms with Gasteiger partial charge in [0.2, 0.25) is 23.6 Å². The van der Waals surface area contributed by atoms with Crippen LogP contribution in [0.3, 0.4) is 0 Å². The molecular formula is C46H44ClN5O7S. The summed E-state index contributed by atoms with van der Waals surface area (Å²) < 4.78 is 13.8. The summed E-state index contributed by atoms with van der Waals surface area (Å²) in [4.78, 5) is 65.0. The third kappa shape index (κ3) is 5.88. The molecule has 3 aromatic carbocycles. The Morgan fingerprint density at radius 1 is 0.917 bits per heavy atom.